The Balaban J connectivity index is 1.99. The van der Waals surface area contributed by atoms with E-state index in [0.717, 1.165) is 17.0 Å². The highest BCUT2D eigenvalue weighted by atomic mass is 16.5. The Morgan fingerprint density at radius 2 is 2.04 bits per heavy atom. The number of nitrogens with zero attached hydrogens (tertiary/aromatic N) is 2. The second-order valence-electron chi connectivity index (χ2n) is 7.97. The zero-order chi connectivity index (χ0) is 18.9. The van der Waals surface area contributed by atoms with Gasteiger partial charge in [-0.3, -0.25) is 4.79 Å². The molecule has 0 saturated heterocycles. The number of Topliss-reactive ketones (excluding diaryl/α,β-unsaturated/α-hetero) is 1. The van der Waals surface area contributed by atoms with Crippen LogP contribution in [0.2, 0.25) is 0 Å². The van der Waals surface area contributed by atoms with E-state index in [-0.39, 0.29) is 5.78 Å². The first-order valence-electron chi connectivity index (χ1n) is 8.88. The van der Waals surface area contributed by atoms with E-state index in [4.69, 9.17) is 9.72 Å². The average molecular weight is 351 g/mol. The summed E-state index contributed by atoms with van der Waals surface area (Å²) in [5.41, 5.74) is 2.96. The second-order valence-corrected chi connectivity index (χ2v) is 7.97. The lowest BCUT2D eigenvalue weighted by Crippen LogP contribution is -2.20. The normalized spacial score (nSPS) is 11.9. The topological polar surface area (TPSA) is 67.9 Å². The molecule has 0 aliphatic heterocycles. The quantitative estimate of drug-likeness (QED) is 0.665. The van der Waals surface area contributed by atoms with E-state index >= 15 is 0 Å². The van der Waals surface area contributed by atoms with Crippen molar-refractivity contribution in [3.8, 4) is 17.0 Å². The zero-order valence-corrected chi connectivity index (χ0v) is 16.0. The lowest BCUT2D eigenvalue weighted by molar-refractivity contribution is 0.0860. The van der Waals surface area contributed by atoms with Crippen molar-refractivity contribution in [2.24, 2.45) is 11.3 Å². The lowest BCUT2D eigenvalue weighted by Gasteiger charge is -2.15. The fourth-order valence-electron chi connectivity index (χ4n) is 2.62. The first-order valence-corrected chi connectivity index (χ1v) is 8.88. The molecule has 136 valence electrons. The number of aromatic nitrogens is 3. The number of benzene rings is 1. The smallest absolute Gasteiger partial charge is 0.171 e. The standard InChI is InChI=1S/C21H25N3O2/c1-13(2)12-26-15-8-6-7-14(9-15)17-11-23-20-18(24-17)16(10-22-20)19(25)21(3,4)5/h6-11,13H,12H2,1-5H3,(H,22,23). The Morgan fingerprint density at radius 3 is 2.73 bits per heavy atom. The fraction of sp³-hybridized carbons (Fsp3) is 0.381. The Hall–Kier alpha value is -2.69. The molecular formula is C21H25N3O2. The second kappa shape index (κ2) is 6.90. The van der Waals surface area contributed by atoms with Gasteiger partial charge in [0.05, 0.1) is 24.1 Å². The van der Waals surface area contributed by atoms with Gasteiger partial charge < -0.3 is 9.72 Å². The highest BCUT2D eigenvalue weighted by Gasteiger charge is 2.26. The van der Waals surface area contributed by atoms with Crippen LogP contribution in [-0.4, -0.2) is 27.3 Å². The summed E-state index contributed by atoms with van der Waals surface area (Å²) in [6.07, 6.45) is 3.41. The van der Waals surface area contributed by atoms with Crippen molar-refractivity contribution in [2.75, 3.05) is 6.61 Å². The van der Waals surface area contributed by atoms with Crippen molar-refractivity contribution in [3.05, 3.63) is 42.2 Å². The minimum absolute atomic E-state index is 0.0456. The highest BCUT2D eigenvalue weighted by Crippen LogP contribution is 2.28. The van der Waals surface area contributed by atoms with Crippen molar-refractivity contribution < 1.29 is 9.53 Å². The van der Waals surface area contributed by atoms with E-state index in [1.807, 2.05) is 45.0 Å². The summed E-state index contributed by atoms with van der Waals surface area (Å²) < 4.78 is 5.80. The molecule has 0 bridgehead atoms. The number of ketones is 1. The van der Waals surface area contributed by atoms with Gasteiger partial charge in [0.15, 0.2) is 11.4 Å². The number of hydrogen-bond acceptors (Lipinski definition) is 4. The molecular weight excluding hydrogens is 326 g/mol. The van der Waals surface area contributed by atoms with E-state index in [1.54, 1.807) is 12.4 Å². The fourth-order valence-corrected chi connectivity index (χ4v) is 2.62. The van der Waals surface area contributed by atoms with Crippen LogP contribution in [0.25, 0.3) is 22.4 Å². The first-order chi connectivity index (χ1) is 12.3. The molecule has 2 aromatic heterocycles. The molecule has 5 nitrogen and oxygen atoms in total. The summed E-state index contributed by atoms with van der Waals surface area (Å²) in [6, 6.07) is 7.80. The summed E-state index contributed by atoms with van der Waals surface area (Å²) in [7, 11) is 0. The molecule has 0 saturated carbocycles. The zero-order valence-electron chi connectivity index (χ0n) is 16.0. The van der Waals surface area contributed by atoms with Crippen LogP contribution >= 0.6 is 0 Å². The Labute approximate surface area is 153 Å². The molecule has 0 aliphatic carbocycles. The van der Waals surface area contributed by atoms with Gasteiger partial charge in [-0.2, -0.15) is 0 Å². The maximum absolute atomic E-state index is 12.7. The summed E-state index contributed by atoms with van der Waals surface area (Å²) in [4.78, 5) is 24.9. The van der Waals surface area contributed by atoms with E-state index in [2.05, 4.69) is 23.8 Å². The van der Waals surface area contributed by atoms with Crippen LogP contribution in [0.5, 0.6) is 5.75 Å². The Bertz CT molecular complexity index is 936. The molecule has 0 unspecified atom stereocenters. The summed E-state index contributed by atoms with van der Waals surface area (Å²) in [6.45, 7) is 10.6. The number of carbonyl (C=O) groups is 1. The predicted octanol–water partition coefficient (Wildman–Crippen LogP) is 4.89. The van der Waals surface area contributed by atoms with Gasteiger partial charge in [0.25, 0.3) is 0 Å². The van der Waals surface area contributed by atoms with Crippen LogP contribution < -0.4 is 4.74 Å². The molecule has 5 heteroatoms. The van der Waals surface area contributed by atoms with Crippen LogP contribution in [0.1, 0.15) is 45.0 Å². The first kappa shape index (κ1) is 18.1. The number of nitrogens with one attached hydrogen (secondary N) is 1. The minimum Gasteiger partial charge on any atom is -0.493 e. The van der Waals surface area contributed by atoms with Crippen molar-refractivity contribution in [3.63, 3.8) is 0 Å². The molecule has 0 atom stereocenters. The molecule has 0 amide bonds. The molecule has 26 heavy (non-hydrogen) atoms. The Kier molecular flexibility index (Phi) is 4.81. The number of hydrogen-bond donors (Lipinski definition) is 1. The monoisotopic (exact) mass is 351 g/mol. The van der Waals surface area contributed by atoms with E-state index < -0.39 is 5.41 Å². The van der Waals surface area contributed by atoms with Crippen LogP contribution in [0.15, 0.2) is 36.7 Å². The lowest BCUT2D eigenvalue weighted by atomic mass is 9.87. The van der Waals surface area contributed by atoms with Crippen LogP contribution in [0.3, 0.4) is 0 Å². The third kappa shape index (κ3) is 3.77. The number of ether oxygens (including phenoxy) is 1. The summed E-state index contributed by atoms with van der Waals surface area (Å²) >= 11 is 0. The van der Waals surface area contributed by atoms with Gasteiger partial charge in [0, 0.05) is 17.2 Å². The summed E-state index contributed by atoms with van der Waals surface area (Å²) in [5.74, 6) is 1.31. The number of H-pyrrole nitrogens is 1. The van der Waals surface area contributed by atoms with Crippen LogP contribution in [0, 0.1) is 11.3 Å². The van der Waals surface area contributed by atoms with Crippen molar-refractivity contribution >= 4 is 16.9 Å². The largest absolute Gasteiger partial charge is 0.493 e. The molecule has 0 spiro atoms. The number of fused-ring (bicyclic) bond motifs is 1. The summed E-state index contributed by atoms with van der Waals surface area (Å²) in [5, 5.41) is 0. The highest BCUT2D eigenvalue weighted by molar-refractivity contribution is 6.08. The van der Waals surface area contributed by atoms with Crippen LogP contribution in [0.4, 0.5) is 0 Å². The van der Waals surface area contributed by atoms with Crippen molar-refractivity contribution in [2.45, 2.75) is 34.6 Å². The van der Waals surface area contributed by atoms with Crippen molar-refractivity contribution in [1.82, 2.24) is 15.0 Å². The maximum atomic E-state index is 12.7. The molecule has 0 fully saturated rings. The molecule has 2 heterocycles. The van der Waals surface area contributed by atoms with Crippen molar-refractivity contribution in [1.29, 1.82) is 0 Å². The third-order valence-corrected chi connectivity index (χ3v) is 4.02. The average Bonchev–Trinajstić information content (AvgIpc) is 3.01. The predicted molar refractivity (Wildman–Crippen MR) is 103 cm³/mol. The maximum Gasteiger partial charge on any atom is 0.171 e. The molecule has 3 aromatic rings. The molecule has 1 N–H and O–H groups in total. The molecule has 3 rings (SSSR count). The van der Waals surface area contributed by atoms with Gasteiger partial charge in [0.2, 0.25) is 0 Å². The SMILES string of the molecule is CC(C)COc1cccc(-c2cnc3[nH]cc(C(=O)C(C)(C)C)c3n2)c1. The molecule has 0 aliphatic rings. The van der Waals surface area contributed by atoms with Gasteiger partial charge >= 0.3 is 0 Å². The van der Waals surface area contributed by atoms with Gasteiger partial charge in [-0.05, 0) is 18.1 Å². The molecule has 0 radical (unpaired) electrons. The minimum atomic E-state index is -0.475. The number of aromatic amines is 1. The van der Waals surface area contributed by atoms with E-state index in [9.17, 15) is 4.79 Å². The van der Waals surface area contributed by atoms with E-state index in [1.165, 1.54) is 0 Å². The third-order valence-electron chi connectivity index (χ3n) is 4.02. The van der Waals surface area contributed by atoms with Gasteiger partial charge in [-0.1, -0.05) is 46.8 Å². The van der Waals surface area contributed by atoms with Gasteiger partial charge in [-0.15, -0.1) is 0 Å². The van der Waals surface area contributed by atoms with Crippen LogP contribution in [-0.2, 0) is 0 Å². The number of rotatable bonds is 5. The number of carbonyl (C=O) groups excluding carboxylic acids is 1. The van der Waals surface area contributed by atoms with E-state index in [0.29, 0.717) is 29.3 Å². The Morgan fingerprint density at radius 1 is 1.27 bits per heavy atom. The van der Waals surface area contributed by atoms with Gasteiger partial charge in [0.1, 0.15) is 11.3 Å². The van der Waals surface area contributed by atoms with Gasteiger partial charge in [-0.25, -0.2) is 9.97 Å². The molecule has 1 aromatic carbocycles.